The van der Waals surface area contributed by atoms with Crippen LogP contribution in [0.4, 0.5) is 4.39 Å². The lowest BCUT2D eigenvalue weighted by Crippen LogP contribution is -2.42. The minimum Gasteiger partial charge on any atom is -0.309 e. The fourth-order valence-corrected chi connectivity index (χ4v) is 3.52. The summed E-state index contributed by atoms with van der Waals surface area (Å²) in [6, 6.07) is 14.3. The molecular weight excluding hydrogens is 325 g/mol. The van der Waals surface area contributed by atoms with E-state index in [2.05, 4.69) is 4.90 Å². The van der Waals surface area contributed by atoms with Gasteiger partial charge in [0.25, 0.3) is 0 Å². The Morgan fingerprint density at radius 1 is 1.08 bits per heavy atom. The molecule has 2 aromatic rings. The maximum absolute atomic E-state index is 13.3. The number of carbonyl (C=O) groups excluding carboxylic acids is 1. The van der Waals surface area contributed by atoms with Crippen LogP contribution in [-0.2, 0) is 11.8 Å². The van der Waals surface area contributed by atoms with Crippen LogP contribution < -0.4 is 0 Å². The van der Waals surface area contributed by atoms with Gasteiger partial charge in [-0.3, -0.25) is 4.79 Å². The van der Waals surface area contributed by atoms with Crippen molar-refractivity contribution in [3.8, 4) is 0 Å². The highest BCUT2D eigenvalue weighted by Crippen LogP contribution is 2.41. The highest BCUT2D eigenvalue weighted by atomic mass is 35.5. The minimum atomic E-state index is -0.549. The van der Waals surface area contributed by atoms with Gasteiger partial charge >= 0.3 is 0 Å². The fraction of sp³-hybridized carbons (Fsp3) is 0.350. The largest absolute Gasteiger partial charge is 0.309 e. The molecule has 2 nitrogen and oxygen atoms in total. The van der Waals surface area contributed by atoms with Gasteiger partial charge in [0.15, 0.2) is 5.78 Å². The highest BCUT2D eigenvalue weighted by molar-refractivity contribution is 6.06. The van der Waals surface area contributed by atoms with Gasteiger partial charge in [-0.15, -0.1) is 12.4 Å². The van der Waals surface area contributed by atoms with Gasteiger partial charge in [-0.1, -0.05) is 36.4 Å². The molecule has 0 saturated heterocycles. The summed E-state index contributed by atoms with van der Waals surface area (Å²) in [7, 11) is 4.03. The number of halogens is 2. The van der Waals surface area contributed by atoms with E-state index in [0.29, 0.717) is 0 Å². The third-order valence-electron chi connectivity index (χ3n) is 4.90. The van der Waals surface area contributed by atoms with Crippen LogP contribution in [0.15, 0.2) is 48.5 Å². The van der Waals surface area contributed by atoms with E-state index in [1.54, 1.807) is 12.1 Å². The van der Waals surface area contributed by atoms with E-state index in [1.165, 1.54) is 12.1 Å². The number of benzene rings is 2. The number of fused-ring (bicyclic) bond motifs is 1. The van der Waals surface area contributed by atoms with E-state index in [9.17, 15) is 9.18 Å². The molecule has 1 aliphatic rings. The van der Waals surface area contributed by atoms with Crippen LogP contribution >= 0.6 is 12.4 Å². The predicted molar refractivity (Wildman–Crippen MR) is 97.6 cm³/mol. The minimum absolute atomic E-state index is 0. The van der Waals surface area contributed by atoms with Gasteiger partial charge in [0.05, 0.1) is 5.41 Å². The SMILES string of the molecule is CN(C)CCC1(c2ccc(F)cc2)CCc2ccccc2C1=O.Cl. The summed E-state index contributed by atoms with van der Waals surface area (Å²) in [5.41, 5.74) is 2.33. The first-order valence-corrected chi connectivity index (χ1v) is 8.06. The molecule has 1 unspecified atom stereocenters. The second-order valence-electron chi connectivity index (χ2n) is 6.63. The summed E-state index contributed by atoms with van der Waals surface area (Å²) in [5, 5.41) is 0. The monoisotopic (exact) mass is 347 g/mol. The van der Waals surface area contributed by atoms with Crippen molar-refractivity contribution in [3.05, 3.63) is 71.0 Å². The van der Waals surface area contributed by atoms with Gasteiger partial charge in [0, 0.05) is 5.56 Å². The standard InChI is InChI=1S/C20H22FNO.ClH/c1-22(2)14-13-20(16-7-9-17(21)10-8-16)12-11-15-5-3-4-6-18(15)19(20)23;/h3-10H,11-14H2,1-2H3;1H. The van der Waals surface area contributed by atoms with E-state index in [0.717, 1.165) is 42.5 Å². The maximum Gasteiger partial charge on any atom is 0.173 e. The number of carbonyl (C=O) groups is 1. The molecule has 0 N–H and O–H groups in total. The summed E-state index contributed by atoms with van der Waals surface area (Å²) < 4.78 is 13.3. The molecule has 128 valence electrons. The average molecular weight is 348 g/mol. The Morgan fingerprint density at radius 2 is 1.75 bits per heavy atom. The number of hydrogen-bond acceptors (Lipinski definition) is 2. The summed E-state index contributed by atoms with van der Waals surface area (Å²) in [5.74, 6) is -0.0898. The van der Waals surface area contributed by atoms with Crippen molar-refractivity contribution in [2.45, 2.75) is 24.7 Å². The number of rotatable bonds is 4. The lowest BCUT2D eigenvalue weighted by molar-refractivity contribution is 0.0840. The van der Waals surface area contributed by atoms with Crippen LogP contribution in [0, 0.1) is 5.82 Å². The Morgan fingerprint density at radius 3 is 2.42 bits per heavy atom. The zero-order valence-corrected chi connectivity index (χ0v) is 14.9. The lowest BCUT2D eigenvalue weighted by atomic mass is 9.64. The lowest BCUT2D eigenvalue weighted by Gasteiger charge is -2.38. The molecule has 2 aromatic carbocycles. The molecular formula is C20H23ClFNO. The van der Waals surface area contributed by atoms with Crippen molar-refractivity contribution in [2.24, 2.45) is 0 Å². The molecule has 0 fully saturated rings. The molecule has 0 saturated carbocycles. The molecule has 0 aromatic heterocycles. The number of Topliss-reactive ketones (excluding diaryl/α,β-unsaturated/α-hetero) is 1. The molecule has 0 spiro atoms. The van der Waals surface area contributed by atoms with Crippen LogP contribution in [0.3, 0.4) is 0 Å². The smallest absolute Gasteiger partial charge is 0.173 e. The predicted octanol–water partition coefficient (Wildman–Crippen LogP) is 4.27. The van der Waals surface area contributed by atoms with Crippen LogP contribution in [0.25, 0.3) is 0 Å². The first kappa shape index (κ1) is 18.6. The first-order chi connectivity index (χ1) is 11.0. The first-order valence-electron chi connectivity index (χ1n) is 8.06. The van der Waals surface area contributed by atoms with Crippen molar-refractivity contribution < 1.29 is 9.18 Å². The summed E-state index contributed by atoms with van der Waals surface area (Å²) in [6.45, 7) is 0.825. The number of aryl methyl sites for hydroxylation is 1. The molecule has 0 heterocycles. The Balaban J connectivity index is 0.00000208. The van der Waals surface area contributed by atoms with Gasteiger partial charge < -0.3 is 4.90 Å². The summed E-state index contributed by atoms with van der Waals surface area (Å²) in [6.07, 6.45) is 2.41. The molecule has 0 aliphatic heterocycles. The molecule has 3 rings (SSSR count). The van der Waals surface area contributed by atoms with E-state index < -0.39 is 5.41 Å². The van der Waals surface area contributed by atoms with Gasteiger partial charge in [-0.2, -0.15) is 0 Å². The molecule has 1 atom stereocenters. The quantitative estimate of drug-likeness (QED) is 0.823. The van der Waals surface area contributed by atoms with Crippen LogP contribution in [0.5, 0.6) is 0 Å². The number of hydrogen-bond donors (Lipinski definition) is 0. The van der Waals surface area contributed by atoms with Crippen molar-refractivity contribution in [1.29, 1.82) is 0 Å². The second-order valence-corrected chi connectivity index (χ2v) is 6.63. The normalized spacial score (nSPS) is 19.8. The molecule has 4 heteroatoms. The second kappa shape index (κ2) is 7.45. The Bertz CT molecular complexity index is 714. The van der Waals surface area contributed by atoms with Crippen molar-refractivity contribution in [2.75, 3.05) is 20.6 Å². The summed E-state index contributed by atoms with van der Waals surface area (Å²) >= 11 is 0. The summed E-state index contributed by atoms with van der Waals surface area (Å²) in [4.78, 5) is 15.4. The van der Waals surface area contributed by atoms with Gasteiger partial charge in [-0.25, -0.2) is 4.39 Å². The van der Waals surface area contributed by atoms with Gasteiger partial charge in [-0.05, 0) is 63.2 Å². The van der Waals surface area contributed by atoms with Gasteiger partial charge in [0.1, 0.15) is 5.82 Å². The highest BCUT2D eigenvalue weighted by Gasteiger charge is 2.43. The van der Waals surface area contributed by atoms with Crippen LogP contribution in [0.1, 0.15) is 34.3 Å². The van der Waals surface area contributed by atoms with Crippen LogP contribution in [0.2, 0.25) is 0 Å². The molecule has 1 aliphatic carbocycles. The van der Waals surface area contributed by atoms with E-state index in [4.69, 9.17) is 0 Å². The van der Waals surface area contributed by atoms with E-state index in [-0.39, 0.29) is 24.0 Å². The third kappa shape index (κ3) is 3.38. The fourth-order valence-electron chi connectivity index (χ4n) is 3.52. The van der Waals surface area contributed by atoms with E-state index >= 15 is 0 Å². The van der Waals surface area contributed by atoms with Crippen LogP contribution in [-0.4, -0.2) is 31.3 Å². The van der Waals surface area contributed by atoms with Crippen molar-refractivity contribution in [3.63, 3.8) is 0 Å². The number of nitrogens with zero attached hydrogens (tertiary/aromatic N) is 1. The van der Waals surface area contributed by atoms with E-state index in [1.807, 2.05) is 38.4 Å². The molecule has 0 bridgehead atoms. The molecule has 0 amide bonds. The molecule has 24 heavy (non-hydrogen) atoms. The third-order valence-corrected chi connectivity index (χ3v) is 4.90. The Kier molecular flexibility index (Phi) is 5.79. The van der Waals surface area contributed by atoms with Gasteiger partial charge in [0.2, 0.25) is 0 Å². The Labute approximate surface area is 149 Å². The zero-order valence-electron chi connectivity index (χ0n) is 14.1. The average Bonchev–Trinajstić information content (AvgIpc) is 2.56. The maximum atomic E-state index is 13.3. The zero-order chi connectivity index (χ0) is 16.4. The van der Waals surface area contributed by atoms with Crippen molar-refractivity contribution >= 4 is 18.2 Å². The molecule has 0 radical (unpaired) electrons. The topological polar surface area (TPSA) is 20.3 Å². The van der Waals surface area contributed by atoms with Crippen molar-refractivity contribution in [1.82, 2.24) is 4.90 Å². The number of ketones is 1. The Hall–Kier alpha value is -1.71.